The minimum atomic E-state index is -0.0898. The molecular weight excluding hydrogens is 298 g/mol. The van der Waals surface area contributed by atoms with E-state index in [0.717, 1.165) is 33.0 Å². The fraction of sp³-hybridized carbons (Fsp3) is 0.100. The maximum absolute atomic E-state index is 12.4. The second-order valence-electron chi connectivity index (χ2n) is 5.81. The van der Waals surface area contributed by atoms with Crippen molar-refractivity contribution >= 4 is 21.5 Å². The van der Waals surface area contributed by atoms with Gasteiger partial charge in [0.1, 0.15) is 0 Å². The van der Waals surface area contributed by atoms with E-state index in [4.69, 9.17) is 5.26 Å². The molecule has 0 bridgehead atoms. The van der Waals surface area contributed by atoms with Crippen LogP contribution < -0.4 is 5.56 Å². The Morgan fingerprint density at radius 2 is 1.92 bits per heavy atom. The highest BCUT2D eigenvalue weighted by atomic mass is 16.1. The standard InChI is InChI=1S/C20H15N3O/c21-8-1-3-13-11-15-7-10-23-20(24)19(15)17-12-14(5-6-16(13)17)18-4-2-9-22-18/h2,4-7,9-12,22H,1,3H2,(H,23,24). The van der Waals surface area contributed by atoms with Crippen LogP contribution in [0.4, 0.5) is 0 Å². The minimum absolute atomic E-state index is 0.0898. The van der Waals surface area contributed by atoms with Crippen molar-refractivity contribution in [3.8, 4) is 17.3 Å². The highest BCUT2D eigenvalue weighted by Gasteiger charge is 2.11. The Labute approximate surface area is 138 Å². The van der Waals surface area contributed by atoms with Crippen LogP contribution in [0.3, 0.4) is 0 Å². The van der Waals surface area contributed by atoms with E-state index in [-0.39, 0.29) is 5.56 Å². The summed E-state index contributed by atoms with van der Waals surface area (Å²) in [7, 11) is 0. The topological polar surface area (TPSA) is 72.4 Å². The van der Waals surface area contributed by atoms with Crippen LogP contribution in [0.15, 0.2) is 59.7 Å². The molecule has 0 spiro atoms. The molecule has 0 fully saturated rings. The lowest BCUT2D eigenvalue weighted by molar-refractivity contribution is 1.02. The number of nitrogens with zero attached hydrogens (tertiary/aromatic N) is 1. The van der Waals surface area contributed by atoms with E-state index < -0.39 is 0 Å². The number of aryl methyl sites for hydroxylation is 1. The van der Waals surface area contributed by atoms with Gasteiger partial charge in [0.15, 0.2) is 0 Å². The van der Waals surface area contributed by atoms with Crippen molar-refractivity contribution in [3.63, 3.8) is 0 Å². The molecule has 2 aromatic heterocycles. The largest absolute Gasteiger partial charge is 0.361 e. The molecule has 2 heterocycles. The Balaban J connectivity index is 2.08. The van der Waals surface area contributed by atoms with Crippen molar-refractivity contribution in [2.24, 2.45) is 0 Å². The third kappa shape index (κ3) is 2.27. The fourth-order valence-corrected chi connectivity index (χ4v) is 3.26. The summed E-state index contributed by atoms with van der Waals surface area (Å²) in [5.74, 6) is 0. The van der Waals surface area contributed by atoms with Crippen LogP contribution in [0.2, 0.25) is 0 Å². The molecule has 0 unspecified atom stereocenters. The molecule has 2 aromatic carbocycles. The predicted molar refractivity (Wildman–Crippen MR) is 95.8 cm³/mol. The van der Waals surface area contributed by atoms with Crippen molar-refractivity contribution in [2.45, 2.75) is 12.8 Å². The number of aromatic nitrogens is 2. The molecule has 4 heteroatoms. The van der Waals surface area contributed by atoms with Gasteiger partial charge < -0.3 is 9.97 Å². The summed E-state index contributed by atoms with van der Waals surface area (Å²) in [6.07, 6.45) is 4.69. The van der Waals surface area contributed by atoms with Gasteiger partial charge in [0.25, 0.3) is 5.56 Å². The van der Waals surface area contributed by atoms with Crippen molar-refractivity contribution < 1.29 is 0 Å². The first-order valence-electron chi connectivity index (χ1n) is 7.85. The zero-order chi connectivity index (χ0) is 16.5. The minimum Gasteiger partial charge on any atom is -0.361 e. The molecule has 24 heavy (non-hydrogen) atoms. The van der Waals surface area contributed by atoms with E-state index in [9.17, 15) is 4.79 Å². The molecule has 0 atom stereocenters. The van der Waals surface area contributed by atoms with Gasteiger partial charge in [-0.15, -0.1) is 0 Å². The van der Waals surface area contributed by atoms with E-state index in [1.54, 1.807) is 6.20 Å². The van der Waals surface area contributed by atoms with Gasteiger partial charge in [-0.25, -0.2) is 0 Å². The third-order valence-electron chi connectivity index (χ3n) is 4.37. The monoisotopic (exact) mass is 313 g/mol. The van der Waals surface area contributed by atoms with Crippen LogP contribution in [0.5, 0.6) is 0 Å². The van der Waals surface area contributed by atoms with E-state index in [0.29, 0.717) is 18.2 Å². The molecule has 0 saturated carbocycles. The highest BCUT2D eigenvalue weighted by Crippen LogP contribution is 2.31. The lowest BCUT2D eigenvalue weighted by Gasteiger charge is -2.10. The van der Waals surface area contributed by atoms with Crippen LogP contribution >= 0.6 is 0 Å². The van der Waals surface area contributed by atoms with Crippen LogP contribution in [0.1, 0.15) is 12.0 Å². The molecule has 0 saturated heterocycles. The predicted octanol–water partition coefficient (Wildman–Crippen LogP) is 4.13. The number of rotatable bonds is 3. The zero-order valence-electron chi connectivity index (χ0n) is 13.0. The summed E-state index contributed by atoms with van der Waals surface area (Å²) in [6.45, 7) is 0. The number of nitriles is 1. The smallest absolute Gasteiger partial charge is 0.256 e. The normalized spacial score (nSPS) is 11.0. The van der Waals surface area contributed by atoms with Gasteiger partial charge in [0, 0.05) is 24.5 Å². The van der Waals surface area contributed by atoms with Crippen LogP contribution in [-0.2, 0) is 6.42 Å². The molecule has 0 aliphatic rings. The Bertz CT molecular complexity index is 1130. The summed E-state index contributed by atoms with van der Waals surface area (Å²) >= 11 is 0. The van der Waals surface area contributed by atoms with Gasteiger partial charge in [-0.05, 0) is 58.0 Å². The molecule has 2 N–H and O–H groups in total. The Hall–Kier alpha value is -3.32. The maximum atomic E-state index is 12.4. The number of fused-ring (bicyclic) bond motifs is 3. The first-order valence-corrected chi connectivity index (χ1v) is 7.85. The molecule has 0 aliphatic heterocycles. The summed E-state index contributed by atoms with van der Waals surface area (Å²) in [5, 5.41) is 12.5. The average molecular weight is 313 g/mol. The number of pyridine rings is 1. The van der Waals surface area contributed by atoms with Crippen LogP contribution in [-0.4, -0.2) is 9.97 Å². The second kappa shape index (κ2) is 5.71. The highest BCUT2D eigenvalue weighted by molar-refractivity contribution is 6.09. The fourth-order valence-electron chi connectivity index (χ4n) is 3.26. The number of aromatic amines is 2. The lowest BCUT2D eigenvalue weighted by atomic mass is 9.94. The third-order valence-corrected chi connectivity index (χ3v) is 4.37. The number of hydrogen-bond acceptors (Lipinski definition) is 2. The van der Waals surface area contributed by atoms with Crippen molar-refractivity contribution in [1.82, 2.24) is 9.97 Å². The average Bonchev–Trinajstić information content (AvgIpc) is 3.13. The Morgan fingerprint density at radius 3 is 2.71 bits per heavy atom. The molecule has 0 radical (unpaired) electrons. The van der Waals surface area contributed by atoms with Crippen molar-refractivity contribution in [1.29, 1.82) is 5.26 Å². The maximum Gasteiger partial charge on any atom is 0.256 e. The van der Waals surface area contributed by atoms with Gasteiger partial charge in [0.2, 0.25) is 0 Å². The zero-order valence-corrected chi connectivity index (χ0v) is 13.0. The number of hydrogen-bond donors (Lipinski definition) is 2. The van der Waals surface area contributed by atoms with E-state index in [1.807, 2.05) is 42.6 Å². The summed E-state index contributed by atoms with van der Waals surface area (Å²) < 4.78 is 0. The number of H-pyrrole nitrogens is 2. The SMILES string of the molecule is N#CCCc1cc2cc[nH]c(=O)c2c2cc(-c3ccc[nH]3)ccc12. The molecule has 0 amide bonds. The molecule has 116 valence electrons. The number of nitrogens with one attached hydrogen (secondary N) is 2. The van der Waals surface area contributed by atoms with Crippen molar-refractivity contribution in [3.05, 3.63) is 70.8 Å². The summed E-state index contributed by atoms with van der Waals surface area (Å²) in [5.41, 5.74) is 3.06. The number of benzene rings is 2. The Kier molecular flexibility index (Phi) is 3.40. The second-order valence-corrected chi connectivity index (χ2v) is 5.81. The first-order chi connectivity index (χ1) is 11.8. The molecule has 4 rings (SSSR count). The van der Waals surface area contributed by atoms with Gasteiger partial charge in [-0.3, -0.25) is 4.79 Å². The quantitative estimate of drug-likeness (QED) is 0.558. The van der Waals surface area contributed by atoms with Gasteiger partial charge in [-0.1, -0.05) is 18.2 Å². The first kappa shape index (κ1) is 14.3. The van der Waals surface area contributed by atoms with Gasteiger partial charge in [-0.2, -0.15) is 5.26 Å². The Morgan fingerprint density at radius 1 is 1.00 bits per heavy atom. The summed E-state index contributed by atoms with van der Waals surface area (Å²) in [6, 6.07) is 16.2. The summed E-state index contributed by atoms with van der Waals surface area (Å²) in [4.78, 5) is 18.4. The van der Waals surface area contributed by atoms with Gasteiger partial charge in [0.05, 0.1) is 11.5 Å². The van der Waals surface area contributed by atoms with Crippen LogP contribution in [0.25, 0.3) is 32.8 Å². The molecule has 0 aliphatic carbocycles. The molecular formula is C20H15N3O. The van der Waals surface area contributed by atoms with E-state index in [2.05, 4.69) is 22.1 Å². The molecule has 4 aromatic rings. The lowest BCUT2D eigenvalue weighted by Crippen LogP contribution is -2.06. The molecule has 4 nitrogen and oxygen atoms in total. The van der Waals surface area contributed by atoms with Gasteiger partial charge >= 0.3 is 0 Å². The van der Waals surface area contributed by atoms with E-state index in [1.165, 1.54) is 0 Å². The van der Waals surface area contributed by atoms with Crippen LogP contribution in [0, 0.1) is 11.3 Å². The van der Waals surface area contributed by atoms with E-state index >= 15 is 0 Å². The van der Waals surface area contributed by atoms with Crippen molar-refractivity contribution in [2.75, 3.05) is 0 Å².